The molecule has 1 N–H and O–H groups in total. The molecule has 1 fully saturated rings. The van der Waals surface area contributed by atoms with Gasteiger partial charge in [-0.05, 0) is 49.1 Å². The molecule has 1 aliphatic rings. The molecule has 2 aromatic carbocycles. The summed E-state index contributed by atoms with van der Waals surface area (Å²) in [7, 11) is 0. The molecule has 0 radical (unpaired) electrons. The normalized spacial score (nSPS) is 15.3. The minimum absolute atomic E-state index is 0.0609. The molecule has 2 amide bonds. The number of hydrogen-bond acceptors (Lipinski definition) is 3. The molecule has 1 atom stereocenters. The molecule has 0 spiro atoms. The summed E-state index contributed by atoms with van der Waals surface area (Å²) in [5.74, 6) is -3.18. The fraction of sp³-hybridized carbons (Fsp3) is 0.370. The van der Waals surface area contributed by atoms with Crippen LogP contribution in [0.5, 0.6) is 0 Å². The number of carbonyl (C=O) groups excluding carboxylic acids is 2. The summed E-state index contributed by atoms with van der Waals surface area (Å²) in [4.78, 5) is 32.0. The predicted molar refractivity (Wildman–Crippen MR) is 130 cm³/mol. The fourth-order valence-corrected chi connectivity index (χ4v) is 4.80. The number of imidazole rings is 1. The molecule has 3 aromatic rings. The number of amides is 2. The molecule has 1 unspecified atom stereocenters. The van der Waals surface area contributed by atoms with E-state index in [1.807, 2.05) is 0 Å². The van der Waals surface area contributed by atoms with Crippen LogP contribution in [0.2, 0.25) is 0 Å². The number of rotatable bonds is 7. The second kappa shape index (κ2) is 11.1. The van der Waals surface area contributed by atoms with Crippen molar-refractivity contribution in [3.63, 3.8) is 0 Å². The zero-order valence-corrected chi connectivity index (χ0v) is 20.3. The first-order valence-electron chi connectivity index (χ1n) is 12.2. The van der Waals surface area contributed by atoms with Crippen LogP contribution in [0.1, 0.15) is 55.1 Å². The van der Waals surface area contributed by atoms with E-state index in [1.165, 1.54) is 18.2 Å². The Kier molecular flexibility index (Phi) is 7.94. The third-order valence-corrected chi connectivity index (χ3v) is 6.57. The minimum Gasteiger partial charge on any atom is -0.351 e. The maximum Gasteiger partial charge on any atom is 0.449 e. The van der Waals surface area contributed by atoms with E-state index in [4.69, 9.17) is 0 Å². The average Bonchev–Trinajstić information content (AvgIpc) is 3.32. The summed E-state index contributed by atoms with van der Waals surface area (Å²) in [5.41, 5.74) is 1.26. The highest BCUT2D eigenvalue weighted by Gasteiger charge is 2.39. The first-order valence-corrected chi connectivity index (χ1v) is 12.2. The van der Waals surface area contributed by atoms with E-state index in [0.29, 0.717) is 15.7 Å². The van der Waals surface area contributed by atoms with Gasteiger partial charge < -0.3 is 9.88 Å². The lowest BCUT2D eigenvalue weighted by atomic mass is 9.93. The van der Waals surface area contributed by atoms with Crippen LogP contribution in [0.15, 0.2) is 60.9 Å². The Balaban J connectivity index is 1.79. The lowest BCUT2D eigenvalue weighted by molar-refractivity contribution is -0.147. The zero-order chi connectivity index (χ0) is 26.6. The highest BCUT2D eigenvalue weighted by Crippen LogP contribution is 2.33. The van der Waals surface area contributed by atoms with Gasteiger partial charge in [0.2, 0.25) is 17.6 Å². The van der Waals surface area contributed by atoms with Crippen molar-refractivity contribution in [2.75, 3.05) is 4.90 Å². The third kappa shape index (κ3) is 6.18. The SMILES string of the molecule is Cc1ccccc1C(C(=O)NC1CCCCC1)N(C(=O)Cn1ccnc1C(F)(F)F)c1cccc(F)c1. The van der Waals surface area contributed by atoms with Gasteiger partial charge >= 0.3 is 6.18 Å². The molecular weight excluding hydrogens is 488 g/mol. The van der Waals surface area contributed by atoms with Crippen LogP contribution in [-0.4, -0.2) is 27.4 Å². The number of aryl methyl sites for hydroxylation is 1. The molecule has 196 valence electrons. The van der Waals surface area contributed by atoms with Crippen molar-refractivity contribution in [1.82, 2.24) is 14.9 Å². The van der Waals surface area contributed by atoms with E-state index in [0.717, 1.165) is 55.5 Å². The van der Waals surface area contributed by atoms with Crippen LogP contribution in [-0.2, 0) is 22.3 Å². The first-order chi connectivity index (χ1) is 17.6. The quantitative estimate of drug-likeness (QED) is 0.418. The van der Waals surface area contributed by atoms with Crippen molar-refractivity contribution in [3.05, 3.63) is 83.7 Å². The summed E-state index contributed by atoms with van der Waals surface area (Å²) in [5, 5.41) is 3.03. The van der Waals surface area contributed by atoms with Gasteiger partial charge in [0.1, 0.15) is 18.4 Å². The summed E-state index contributed by atoms with van der Waals surface area (Å²) < 4.78 is 55.3. The van der Waals surface area contributed by atoms with Gasteiger partial charge in [0.25, 0.3) is 0 Å². The lowest BCUT2D eigenvalue weighted by Gasteiger charge is -2.34. The summed E-state index contributed by atoms with van der Waals surface area (Å²) in [6.45, 7) is 1.03. The molecule has 6 nitrogen and oxygen atoms in total. The highest BCUT2D eigenvalue weighted by molar-refractivity contribution is 6.01. The van der Waals surface area contributed by atoms with Crippen molar-refractivity contribution < 1.29 is 27.2 Å². The average molecular weight is 517 g/mol. The van der Waals surface area contributed by atoms with Gasteiger partial charge in [0.15, 0.2) is 0 Å². The van der Waals surface area contributed by atoms with Crippen LogP contribution >= 0.6 is 0 Å². The molecule has 1 aromatic heterocycles. The Bertz CT molecular complexity index is 1250. The summed E-state index contributed by atoms with van der Waals surface area (Å²) >= 11 is 0. The zero-order valence-electron chi connectivity index (χ0n) is 20.3. The predicted octanol–water partition coefficient (Wildman–Crippen LogP) is 5.57. The molecule has 0 aliphatic heterocycles. The summed E-state index contributed by atoms with van der Waals surface area (Å²) in [6.07, 6.45) is 1.83. The Morgan fingerprint density at radius 3 is 2.51 bits per heavy atom. The monoisotopic (exact) mass is 516 g/mol. The number of hydrogen-bond donors (Lipinski definition) is 1. The number of alkyl halides is 3. The number of halogens is 4. The number of nitrogens with one attached hydrogen (secondary N) is 1. The second-order valence-electron chi connectivity index (χ2n) is 9.22. The Morgan fingerprint density at radius 1 is 1.11 bits per heavy atom. The molecule has 0 bridgehead atoms. The van der Waals surface area contributed by atoms with E-state index in [-0.39, 0.29) is 11.7 Å². The van der Waals surface area contributed by atoms with Gasteiger partial charge in [-0.2, -0.15) is 13.2 Å². The Labute approximate surface area is 212 Å². The second-order valence-corrected chi connectivity index (χ2v) is 9.22. The maximum atomic E-state index is 14.3. The Hall–Kier alpha value is -3.69. The van der Waals surface area contributed by atoms with Crippen molar-refractivity contribution in [1.29, 1.82) is 0 Å². The third-order valence-electron chi connectivity index (χ3n) is 6.57. The van der Waals surface area contributed by atoms with Crippen LogP contribution in [0.4, 0.5) is 23.2 Å². The van der Waals surface area contributed by atoms with Crippen LogP contribution in [0.25, 0.3) is 0 Å². The molecule has 1 aliphatic carbocycles. The van der Waals surface area contributed by atoms with E-state index < -0.39 is 42.2 Å². The van der Waals surface area contributed by atoms with E-state index in [1.54, 1.807) is 31.2 Å². The fourth-order valence-electron chi connectivity index (χ4n) is 4.80. The van der Waals surface area contributed by atoms with Gasteiger partial charge in [0.05, 0.1) is 0 Å². The molecule has 0 saturated heterocycles. The topological polar surface area (TPSA) is 67.2 Å². The minimum atomic E-state index is -4.78. The van der Waals surface area contributed by atoms with Crippen molar-refractivity contribution in [3.8, 4) is 0 Å². The van der Waals surface area contributed by atoms with Crippen molar-refractivity contribution in [2.24, 2.45) is 0 Å². The highest BCUT2D eigenvalue weighted by atomic mass is 19.4. The molecular formula is C27H28F4N4O2. The van der Waals surface area contributed by atoms with Gasteiger partial charge in [-0.25, -0.2) is 9.37 Å². The largest absolute Gasteiger partial charge is 0.449 e. The van der Waals surface area contributed by atoms with E-state index in [9.17, 15) is 27.2 Å². The Morgan fingerprint density at radius 2 is 1.84 bits per heavy atom. The number of aromatic nitrogens is 2. The number of benzene rings is 2. The molecule has 37 heavy (non-hydrogen) atoms. The smallest absolute Gasteiger partial charge is 0.351 e. The number of anilines is 1. The standard InChI is InChI=1S/C27H28F4N4O2/c1-18-8-5-6-13-22(18)24(25(37)33-20-10-3-2-4-11-20)35(21-12-7-9-19(28)16-21)23(36)17-34-15-14-32-26(34)27(29,30)31/h5-9,12-16,20,24H,2-4,10-11,17H2,1H3,(H,33,37). The molecule has 10 heteroatoms. The number of nitrogens with zero attached hydrogens (tertiary/aromatic N) is 3. The van der Waals surface area contributed by atoms with Gasteiger partial charge in [0, 0.05) is 24.1 Å². The first kappa shape index (κ1) is 26.4. The van der Waals surface area contributed by atoms with E-state index in [2.05, 4.69) is 10.3 Å². The molecule has 4 rings (SSSR count). The maximum absolute atomic E-state index is 14.3. The van der Waals surface area contributed by atoms with Gasteiger partial charge in [-0.1, -0.05) is 49.6 Å². The number of carbonyl (C=O) groups is 2. The molecule has 1 saturated carbocycles. The van der Waals surface area contributed by atoms with E-state index >= 15 is 0 Å². The van der Waals surface area contributed by atoms with Crippen molar-refractivity contribution >= 4 is 17.5 Å². The van der Waals surface area contributed by atoms with Gasteiger partial charge in [-0.15, -0.1) is 0 Å². The van der Waals surface area contributed by atoms with Crippen LogP contribution in [0, 0.1) is 12.7 Å². The van der Waals surface area contributed by atoms with Crippen molar-refractivity contribution in [2.45, 2.75) is 63.8 Å². The van der Waals surface area contributed by atoms with Gasteiger partial charge in [-0.3, -0.25) is 14.5 Å². The van der Waals surface area contributed by atoms with Crippen LogP contribution in [0.3, 0.4) is 0 Å². The van der Waals surface area contributed by atoms with Crippen LogP contribution < -0.4 is 10.2 Å². The lowest BCUT2D eigenvalue weighted by Crippen LogP contribution is -2.48. The summed E-state index contributed by atoms with van der Waals surface area (Å²) in [6, 6.07) is 10.8. The molecule has 1 heterocycles.